The fourth-order valence-corrected chi connectivity index (χ4v) is 3.66. The van der Waals surface area contributed by atoms with Crippen LogP contribution in [0.2, 0.25) is 0 Å². The van der Waals surface area contributed by atoms with E-state index in [1.807, 2.05) is 36.4 Å². The van der Waals surface area contributed by atoms with Gasteiger partial charge in [0.05, 0.1) is 38.3 Å². The fourth-order valence-electron chi connectivity index (χ4n) is 3.66. The van der Waals surface area contributed by atoms with Crippen molar-refractivity contribution in [2.45, 2.75) is 13.5 Å². The van der Waals surface area contributed by atoms with E-state index in [1.54, 1.807) is 56.7 Å². The van der Waals surface area contributed by atoms with E-state index in [-0.39, 0.29) is 11.9 Å². The molecule has 0 aliphatic heterocycles. The number of furan rings is 2. The van der Waals surface area contributed by atoms with Crippen LogP contribution in [0, 0.1) is 0 Å². The Morgan fingerprint density at radius 1 is 0.951 bits per heavy atom. The predicted molar refractivity (Wildman–Crippen MR) is 153 cm³/mol. The highest BCUT2D eigenvalue weighted by atomic mass is 16.5. The maximum Gasteiger partial charge on any atom is 0.338 e. The molecule has 3 N–H and O–H groups in total. The zero-order valence-corrected chi connectivity index (χ0v) is 22.3. The number of rotatable bonds is 12. The number of benzene rings is 2. The fraction of sp³-hybridized carbons (Fsp3) is 0.138. The second-order valence-corrected chi connectivity index (χ2v) is 8.46. The van der Waals surface area contributed by atoms with Crippen LogP contribution in [0.25, 0.3) is 11.3 Å². The molecule has 208 valence electrons. The summed E-state index contributed by atoms with van der Waals surface area (Å²) in [6.45, 7) is 2.48. The van der Waals surface area contributed by atoms with Crippen LogP contribution in [-0.2, 0) is 11.3 Å². The van der Waals surface area contributed by atoms with E-state index in [0.29, 0.717) is 42.1 Å². The first-order valence-corrected chi connectivity index (χ1v) is 12.7. The van der Waals surface area contributed by atoms with Gasteiger partial charge in [0.25, 0.3) is 0 Å². The Hall–Kier alpha value is -5.65. The molecule has 0 amide bonds. The summed E-state index contributed by atoms with van der Waals surface area (Å²) in [7, 11) is 1.61. The molecule has 5 aromatic rings. The lowest BCUT2D eigenvalue weighted by atomic mass is 10.1. The molecule has 3 heterocycles. The molecule has 0 aliphatic rings. The Morgan fingerprint density at radius 3 is 2.46 bits per heavy atom. The molecule has 0 saturated heterocycles. The van der Waals surface area contributed by atoms with Crippen LogP contribution in [0.3, 0.4) is 0 Å². The molecule has 0 spiro atoms. The molecule has 0 radical (unpaired) electrons. The van der Waals surface area contributed by atoms with Crippen LogP contribution < -0.4 is 20.8 Å². The topological polar surface area (TPSA) is 149 Å². The Labute approximate surface area is 235 Å². The van der Waals surface area contributed by atoms with Gasteiger partial charge >= 0.3 is 5.97 Å². The van der Waals surface area contributed by atoms with Crippen LogP contribution >= 0.6 is 0 Å². The number of nitrogens with one attached hydrogen (secondary N) is 3. The number of esters is 1. The largest absolute Gasteiger partial charge is 0.497 e. The minimum atomic E-state index is -0.364. The molecule has 41 heavy (non-hydrogen) atoms. The lowest BCUT2D eigenvalue weighted by Gasteiger charge is -2.10. The summed E-state index contributed by atoms with van der Waals surface area (Å²) >= 11 is 0. The minimum absolute atomic E-state index is 0.204. The number of ether oxygens (including phenoxy) is 2. The van der Waals surface area contributed by atoms with Crippen molar-refractivity contribution in [3.63, 3.8) is 0 Å². The Kier molecular flexibility index (Phi) is 8.50. The molecule has 0 atom stereocenters. The molecule has 0 fully saturated rings. The summed E-state index contributed by atoms with van der Waals surface area (Å²) in [5.74, 6) is 3.05. The summed E-state index contributed by atoms with van der Waals surface area (Å²) in [6, 6.07) is 21.6. The summed E-state index contributed by atoms with van der Waals surface area (Å²) in [4.78, 5) is 25.1. The molecule has 0 saturated carbocycles. The van der Waals surface area contributed by atoms with Gasteiger partial charge in [-0.05, 0) is 67.6 Å². The quantitative estimate of drug-likeness (QED) is 0.0990. The minimum Gasteiger partial charge on any atom is -0.497 e. The van der Waals surface area contributed by atoms with Crippen molar-refractivity contribution >= 4 is 35.7 Å². The Balaban J connectivity index is 1.28. The van der Waals surface area contributed by atoms with Gasteiger partial charge in [0, 0.05) is 11.3 Å². The van der Waals surface area contributed by atoms with Crippen molar-refractivity contribution in [1.82, 2.24) is 15.0 Å². The zero-order chi connectivity index (χ0) is 28.4. The van der Waals surface area contributed by atoms with Crippen LogP contribution in [0.15, 0.2) is 93.0 Å². The lowest BCUT2D eigenvalue weighted by Crippen LogP contribution is -2.09. The van der Waals surface area contributed by atoms with Crippen molar-refractivity contribution in [1.29, 1.82) is 0 Å². The number of carbonyl (C=O) groups excluding carboxylic acids is 1. The number of hydrogen-bond donors (Lipinski definition) is 3. The van der Waals surface area contributed by atoms with Gasteiger partial charge in [0.15, 0.2) is 0 Å². The molecule has 5 rings (SSSR count). The predicted octanol–water partition coefficient (Wildman–Crippen LogP) is 5.71. The van der Waals surface area contributed by atoms with Crippen molar-refractivity contribution in [3.05, 3.63) is 96.1 Å². The number of anilines is 4. The number of carbonyl (C=O) groups is 1. The van der Waals surface area contributed by atoms with E-state index in [2.05, 4.69) is 36.1 Å². The first-order valence-electron chi connectivity index (χ1n) is 12.7. The van der Waals surface area contributed by atoms with Gasteiger partial charge in [-0.15, -0.1) is 0 Å². The lowest BCUT2D eigenvalue weighted by molar-refractivity contribution is 0.0526. The van der Waals surface area contributed by atoms with Gasteiger partial charge in [-0.25, -0.2) is 10.2 Å². The molecule has 2 aromatic carbocycles. The van der Waals surface area contributed by atoms with Crippen LogP contribution in [0.1, 0.15) is 28.8 Å². The van der Waals surface area contributed by atoms with Crippen molar-refractivity contribution in [3.8, 4) is 17.1 Å². The zero-order valence-electron chi connectivity index (χ0n) is 22.3. The number of methoxy groups -OCH3 is 1. The van der Waals surface area contributed by atoms with Gasteiger partial charge in [-0.1, -0.05) is 12.1 Å². The molecule has 12 heteroatoms. The van der Waals surface area contributed by atoms with E-state index < -0.39 is 0 Å². The average molecular weight is 554 g/mol. The third-order valence-electron chi connectivity index (χ3n) is 5.65. The molecule has 0 unspecified atom stereocenters. The first-order chi connectivity index (χ1) is 20.1. The summed E-state index contributed by atoms with van der Waals surface area (Å²) < 4.78 is 21.5. The molecular formula is C29H27N7O5. The van der Waals surface area contributed by atoms with Gasteiger partial charge in [0.2, 0.25) is 17.8 Å². The van der Waals surface area contributed by atoms with Gasteiger partial charge in [0.1, 0.15) is 23.0 Å². The standard InChI is InChI=1S/C29H27N7O5/c1-3-39-26(37)20-8-6-19(7-9-20)25-15-14-24(41-25)18-31-36-29-34-27(30-17-23-5-4-16-40-23)33-28(35-29)32-21-10-12-22(38-2)13-11-21/h4-16,18H,3,17H2,1-2H3,(H3,30,32,33,34,35,36). The normalized spacial score (nSPS) is 10.9. The van der Waals surface area contributed by atoms with E-state index in [1.165, 1.54) is 6.21 Å². The number of nitrogens with zero attached hydrogens (tertiary/aromatic N) is 4. The van der Waals surface area contributed by atoms with Gasteiger partial charge < -0.3 is 28.9 Å². The van der Waals surface area contributed by atoms with E-state index >= 15 is 0 Å². The van der Waals surface area contributed by atoms with Crippen molar-refractivity contribution < 1.29 is 23.1 Å². The maximum atomic E-state index is 11.9. The Bertz CT molecular complexity index is 1600. The third kappa shape index (κ3) is 7.26. The highest BCUT2D eigenvalue weighted by Gasteiger charge is 2.10. The van der Waals surface area contributed by atoms with Crippen LogP contribution in [0.5, 0.6) is 5.75 Å². The summed E-state index contributed by atoms with van der Waals surface area (Å²) in [5, 5.41) is 10.5. The number of hydrazone groups is 1. The van der Waals surface area contributed by atoms with Crippen molar-refractivity contribution in [2.75, 3.05) is 29.8 Å². The molecule has 0 aliphatic carbocycles. The summed E-state index contributed by atoms with van der Waals surface area (Å²) in [6.07, 6.45) is 3.11. The van der Waals surface area contributed by atoms with E-state index in [4.69, 9.17) is 18.3 Å². The number of hydrogen-bond acceptors (Lipinski definition) is 12. The van der Waals surface area contributed by atoms with E-state index in [0.717, 1.165) is 22.8 Å². The van der Waals surface area contributed by atoms with Crippen LogP contribution in [0.4, 0.5) is 23.5 Å². The molecule has 12 nitrogen and oxygen atoms in total. The highest BCUT2D eigenvalue weighted by Crippen LogP contribution is 2.23. The van der Waals surface area contributed by atoms with Crippen molar-refractivity contribution in [2.24, 2.45) is 5.10 Å². The molecule has 3 aromatic heterocycles. The van der Waals surface area contributed by atoms with Gasteiger partial charge in [-0.2, -0.15) is 20.1 Å². The second-order valence-electron chi connectivity index (χ2n) is 8.46. The smallest absolute Gasteiger partial charge is 0.338 e. The molecular weight excluding hydrogens is 526 g/mol. The third-order valence-corrected chi connectivity index (χ3v) is 5.65. The van der Waals surface area contributed by atoms with E-state index in [9.17, 15) is 4.79 Å². The molecule has 0 bridgehead atoms. The average Bonchev–Trinajstić information content (AvgIpc) is 3.70. The monoisotopic (exact) mass is 553 g/mol. The maximum absolute atomic E-state index is 11.9. The van der Waals surface area contributed by atoms with Crippen LogP contribution in [-0.4, -0.2) is 40.9 Å². The summed E-state index contributed by atoms with van der Waals surface area (Å²) in [5.41, 5.74) is 4.88. The highest BCUT2D eigenvalue weighted by molar-refractivity contribution is 5.90. The SMILES string of the molecule is CCOC(=O)c1ccc(-c2ccc(C=NNc3nc(NCc4ccco4)nc(Nc4ccc(OC)cc4)n3)o2)cc1. The van der Waals surface area contributed by atoms with Gasteiger partial charge in [-0.3, -0.25) is 0 Å². The first kappa shape index (κ1) is 26.9. The number of aromatic nitrogens is 3. The second kappa shape index (κ2) is 12.9. The Morgan fingerprint density at radius 2 is 1.73 bits per heavy atom.